The summed E-state index contributed by atoms with van der Waals surface area (Å²) in [6.07, 6.45) is 5.10. The van der Waals surface area contributed by atoms with E-state index >= 15 is 0 Å². The monoisotopic (exact) mass is 312 g/mol. The van der Waals surface area contributed by atoms with Crippen molar-refractivity contribution in [2.75, 3.05) is 10.6 Å². The van der Waals surface area contributed by atoms with Crippen molar-refractivity contribution in [3.8, 4) is 5.88 Å². The van der Waals surface area contributed by atoms with Gasteiger partial charge in [-0.2, -0.15) is 8.78 Å². The third kappa shape index (κ3) is 4.54. The lowest BCUT2D eigenvalue weighted by molar-refractivity contribution is -0.0528. The molecule has 0 atom stereocenters. The van der Waals surface area contributed by atoms with Gasteiger partial charge in [-0.3, -0.25) is 10.1 Å². The molecular formula is C13H18F2N6O. The second-order valence-corrected chi connectivity index (χ2v) is 4.57. The highest BCUT2D eigenvalue weighted by Crippen LogP contribution is 2.19. The van der Waals surface area contributed by atoms with E-state index in [-0.39, 0.29) is 5.88 Å². The fourth-order valence-electron chi connectivity index (χ4n) is 1.85. The summed E-state index contributed by atoms with van der Waals surface area (Å²) < 4.78 is 28.3. The number of nitrogens with zero attached hydrogens (tertiary/aromatic N) is 3. The lowest BCUT2D eigenvalue weighted by atomic mass is 10.2. The van der Waals surface area contributed by atoms with E-state index in [2.05, 4.69) is 49.4 Å². The van der Waals surface area contributed by atoms with Crippen LogP contribution < -0.4 is 15.4 Å². The van der Waals surface area contributed by atoms with Crippen LogP contribution in [0.25, 0.3) is 0 Å². The predicted octanol–water partition coefficient (Wildman–Crippen LogP) is 3.15. The fourth-order valence-corrected chi connectivity index (χ4v) is 1.85. The Kier molecular flexibility index (Phi) is 5.45. The van der Waals surface area contributed by atoms with Gasteiger partial charge in [0.15, 0.2) is 5.82 Å². The highest BCUT2D eigenvalue weighted by molar-refractivity contribution is 5.53. The Bertz CT molecular complexity index is 587. The third-order valence-electron chi connectivity index (χ3n) is 3.00. The molecule has 0 unspecified atom stereocenters. The summed E-state index contributed by atoms with van der Waals surface area (Å²) in [6.45, 7) is 1.26. The molecule has 2 rings (SSSR count). The van der Waals surface area contributed by atoms with Gasteiger partial charge in [0, 0.05) is 12.1 Å². The highest BCUT2D eigenvalue weighted by Gasteiger charge is 2.09. The average Bonchev–Trinajstić information content (AvgIpc) is 2.91. The molecule has 0 saturated carbocycles. The second kappa shape index (κ2) is 7.53. The zero-order chi connectivity index (χ0) is 15.9. The molecule has 0 amide bonds. The summed E-state index contributed by atoms with van der Waals surface area (Å²) in [5.41, 5.74) is 0. The molecule has 3 N–H and O–H groups in total. The van der Waals surface area contributed by atoms with E-state index in [1.165, 1.54) is 12.3 Å². The van der Waals surface area contributed by atoms with Crippen molar-refractivity contribution in [2.45, 2.75) is 39.3 Å². The maximum atomic E-state index is 12.1. The van der Waals surface area contributed by atoms with E-state index in [1.54, 1.807) is 6.20 Å². The highest BCUT2D eigenvalue weighted by atomic mass is 19.3. The van der Waals surface area contributed by atoms with Gasteiger partial charge in [-0.25, -0.2) is 4.98 Å². The van der Waals surface area contributed by atoms with Crippen molar-refractivity contribution in [1.82, 2.24) is 20.2 Å². The molecule has 0 radical (unpaired) electrons. The number of anilines is 3. The SMILES string of the molecule is CCC(CC)Nc1cncc(Nc2cc(OC(F)F)n[nH]2)n1. The third-order valence-corrected chi connectivity index (χ3v) is 3.00. The second-order valence-electron chi connectivity index (χ2n) is 4.57. The number of ether oxygens (including phenoxy) is 1. The zero-order valence-corrected chi connectivity index (χ0v) is 12.3. The van der Waals surface area contributed by atoms with E-state index in [1.807, 2.05) is 0 Å². The molecule has 0 aliphatic carbocycles. The van der Waals surface area contributed by atoms with E-state index in [0.717, 1.165) is 12.8 Å². The van der Waals surface area contributed by atoms with Gasteiger partial charge in [-0.15, -0.1) is 5.10 Å². The molecule has 2 heterocycles. The Hall–Kier alpha value is -2.45. The van der Waals surface area contributed by atoms with Crippen molar-refractivity contribution >= 4 is 17.5 Å². The molecule has 0 spiro atoms. The van der Waals surface area contributed by atoms with E-state index in [9.17, 15) is 8.78 Å². The lowest BCUT2D eigenvalue weighted by Crippen LogP contribution is -2.18. The van der Waals surface area contributed by atoms with Gasteiger partial charge in [-0.1, -0.05) is 13.8 Å². The van der Waals surface area contributed by atoms with Crippen LogP contribution in [0.3, 0.4) is 0 Å². The van der Waals surface area contributed by atoms with Crippen molar-refractivity contribution in [1.29, 1.82) is 0 Å². The summed E-state index contributed by atoms with van der Waals surface area (Å²) in [4.78, 5) is 8.44. The van der Waals surface area contributed by atoms with Gasteiger partial charge in [0.2, 0.25) is 5.88 Å². The summed E-state index contributed by atoms with van der Waals surface area (Å²) >= 11 is 0. The topological polar surface area (TPSA) is 87.8 Å². The van der Waals surface area contributed by atoms with E-state index in [4.69, 9.17) is 0 Å². The molecule has 0 aliphatic heterocycles. The molecule has 2 aromatic rings. The molecule has 2 aromatic heterocycles. The molecule has 0 bridgehead atoms. The van der Waals surface area contributed by atoms with Crippen LogP contribution in [0.2, 0.25) is 0 Å². The molecule has 7 nitrogen and oxygen atoms in total. The number of H-pyrrole nitrogens is 1. The Balaban J connectivity index is 2.02. The van der Waals surface area contributed by atoms with Gasteiger partial charge in [-0.05, 0) is 12.8 Å². The van der Waals surface area contributed by atoms with Crippen LogP contribution in [0.15, 0.2) is 18.5 Å². The summed E-state index contributed by atoms with van der Waals surface area (Å²) in [6, 6.07) is 1.64. The smallest absolute Gasteiger partial charge is 0.388 e. The minimum atomic E-state index is -2.91. The van der Waals surface area contributed by atoms with Gasteiger partial charge in [0.1, 0.15) is 11.6 Å². The maximum absolute atomic E-state index is 12.1. The van der Waals surface area contributed by atoms with Crippen LogP contribution in [-0.2, 0) is 0 Å². The first kappa shape index (κ1) is 15.9. The minimum absolute atomic E-state index is 0.197. The normalized spacial score (nSPS) is 11.0. The number of aromatic amines is 1. The van der Waals surface area contributed by atoms with E-state index < -0.39 is 6.61 Å². The lowest BCUT2D eigenvalue weighted by Gasteiger charge is -2.15. The Morgan fingerprint density at radius 2 is 1.95 bits per heavy atom. The number of hydrogen-bond donors (Lipinski definition) is 3. The molecule has 0 aliphatic rings. The zero-order valence-electron chi connectivity index (χ0n) is 12.3. The van der Waals surface area contributed by atoms with Gasteiger partial charge in [0.05, 0.1) is 12.4 Å². The van der Waals surface area contributed by atoms with Crippen LogP contribution in [0.1, 0.15) is 26.7 Å². The van der Waals surface area contributed by atoms with Crippen LogP contribution in [-0.4, -0.2) is 32.8 Å². The first-order valence-corrected chi connectivity index (χ1v) is 6.96. The van der Waals surface area contributed by atoms with Crippen molar-refractivity contribution in [2.24, 2.45) is 0 Å². The van der Waals surface area contributed by atoms with Crippen LogP contribution in [0, 0.1) is 0 Å². The number of nitrogens with one attached hydrogen (secondary N) is 3. The van der Waals surface area contributed by atoms with Crippen molar-refractivity contribution < 1.29 is 13.5 Å². The van der Waals surface area contributed by atoms with Crippen LogP contribution in [0.4, 0.5) is 26.2 Å². The Labute approximate surface area is 126 Å². The minimum Gasteiger partial charge on any atom is -0.415 e. The van der Waals surface area contributed by atoms with Crippen molar-refractivity contribution in [3.05, 3.63) is 18.5 Å². The predicted molar refractivity (Wildman–Crippen MR) is 78.5 cm³/mol. The number of rotatable bonds is 8. The molecule has 0 aromatic carbocycles. The van der Waals surface area contributed by atoms with Gasteiger partial charge in [0.25, 0.3) is 0 Å². The average molecular weight is 312 g/mol. The van der Waals surface area contributed by atoms with Crippen LogP contribution >= 0.6 is 0 Å². The first-order chi connectivity index (χ1) is 10.6. The maximum Gasteiger partial charge on any atom is 0.388 e. The van der Waals surface area contributed by atoms with Crippen LogP contribution in [0.5, 0.6) is 5.88 Å². The number of halogens is 2. The number of hydrogen-bond acceptors (Lipinski definition) is 6. The first-order valence-electron chi connectivity index (χ1n) is 6.96. The number of alkyl halides is 2. The Morgan fingerprint density at radius 1 is 1.23 bits per heavy atom. The molecular weight excluding hydrogens is 294 g/mol. The molecule has 0 saturated heterocycles. The van der Waals surface area contributed by atoms with Crippen molar-refractivity contribution in [3.63, 3.8) is 0 Å². The summed E-state index contributed by atoms with van der Waals surface area (Å²) in [7, 11) is 0. The summed E-state index contributed by atoms with van der Waals surface area (Å²) in [5.74, 6) is 1.28. The van der Waals surface area contributed by atoms with Gasteiger partial charge < -0.3 is 15.4 Å². The Morgan fingerprint density at radius 3 is 2.64 bits per heavy atom. The fraction of sp³-hybridized carbons (Fsp3) is 0.462. The van der Waals surface area contributed by atoms with Gasteiger partial charge >= 0.3 is 6.61 Å². The molecule has 0 fully saturated rings. The quantitative estimate of drug-likeness (QED) is 0.694. The molecule has 22 heavy (non-hydrogen) atoms. The largest absolute Gasteiger partial charge is 0.415 e. The molecule has 120 valence electrons. The molecule has 9 heteroatoms. The number of aromatic nitrogens is 4. The standard InChI is InChI=1S/C13H18F2N6O/c1-3-8(4-2)17-10-6-16-7-11(19-10)18-9-5-12(21-20-9)22-13(14)15/h5-8,13H,3-4H2,1-2H3,(H3,17,18,19,20,21). The summed E-state index contributed by atoms with van der Waals surface area (Å²) in [5, 5.41) is 12.3. The van der Waals surface area contributed by atoms with E-state index in [0.29, 0.717) is 23.5 Å².